The topological polar surface area (TPSA) is 52.0 Å². The van der Waals surface area contributed by atoms with E-state index in [-0.39, 0.29) is 4.90 Å². The van der Waals surface area contributed by atoms with Gasteiger partial charge in [0.05, 0.1) is 16.9 Å². The van der Waals surface area contributed by atoms with Crippen LogP contribution in [-0.4, -0.2) is 17.6 Å². The van der Waals surface area contributed by atoms with E-state index < -0.39 is 10.0 Å². The molecule has 0 spiro atoms. The Morgan fingerprint density at radius 1 is 1.19 bits per heavy atom. The third-order valence-electron chi connectivity index (χ3n) is 1.89. The second kappa shape index (κ2) is 4.31. The lowest BCUT2D eigenvalue weighted by Crippen LogP contribution is -2.13. The number of rotatable bonds is 2. The summed E-state index contributed by atoms with van der Waals surface area (Å²) in [6.07, 6.45) is 2.82. The van der Waals surface area contributed by atoms with Gasteiger partial charge in [-0.25, -0.2) is 0 Å². The van der Waals surface area contributed by atoms with Crippen molar-refractivity contribution in [2.24, 2.45) is 0 Å². The molecule has 1 aromatic heterocycles. The molecule has 0 aliphatic heterocycles. The van der Waals surface area contributed by atoms with Gasteiger partial charge in [0.2, 0.25) is 0 Å². The Balaban J connectivity index is 2.60. The van der Waals surface area contributed by atoms with E-state index in [1.807, 2.05) is 0 Å². The van der Waals surface area contributed by atoms with Crippen molar-refractivity contribution in [3.8, 4) is 0 Å². The minimum Gasteiger partial charge on any atom is -0.199 e. The molecule has 0 saturated heterocycles. The summed E-state index contributed by atoms with van der Waals surface area (Å²) in [5.74, 6) is 0. The van der Waals surface area contributed by atoms with E-state index in [1.54, 1.807) is 18.2 Å². The summed E-state index contributed by atoms with van der Waals surface area (Å²) in [6.45, 7) is 0. The van der Waals surface area contributed by atoms with Crippen LogP contribution in [0.2, 0.25) is 0 Å². The molecule has 0 aliphatic rings. The van der Waals surface area contributed by atoms with Gasteiger partial charge in [-0.05, 0) is 44.0 Å². The molecule has 2 aromatic rings. The second-order valence-corrected chi connectivity index (χ2v) is 6.50. The Morgan fingerprint density at radius 2 is 1.88 bits per heavy atom. The highest BCUT2D eigenvalue weighted by Gasteiger charge is 2.20. The van der Waals surface area contributed by atoms with E-state index >= 15 is 0 Å². The minimum atomic E-state index is -3.62. The first kappa shape index (κ1) is 11.8. The number of hydrogen-bond donors (Lipinski definition) is 0. The van der Waals surface area contributed by atoms with Crippen molar-refractivity contribution in [1.29, 1.82) is 0 Å². The zero-order chi connectivity index (χ0) is 11.8. The fraction of sp³-hybridized carbons (Fsp3) is 0. The standard InChI is InChI=1S/C9H6Br2N2O2S/c10-7-5-12-13(6-7)16(14,15)9-4-2-1-3-8(9)11/h1-6H. The zero-order valence-corrected chi connectivity index (χ0v) is 11.8. The summed E-state index contributed by atoms with van der Waals surface area (Å²) in [7, 11) is -3.62. The molecule has 1 aromatic carbocycles. The quantitative estimate of drug-likeness (QED) is 0.822. The molecule has 0 atom stereocenters. The van der Waals surface area contributed by atoms with Gasteiger partial charge in [0.15, 0.2) is 0 Å². The van der Waals surface area contributed by atoms with Crippen LogP contribution in [0.4, 0.5) is 0 Å². The SMILES string of the molecule is O=S(=O)(c1ccccc1Br)n1cc(Br)cn1. The van der Waals surface area contributed by atoms with Crippen LogP contribution in [0.25, 0.3) is 0 Å². The predicted octanol–water partition coefficient (Wildman–Crippen LogP) is 2.65. The Morgan fingerprint density at radius 3 is 2.44 bits per heavy atom. The molecular formula is C9H6Br2N2O2S. The molecule has 2 rings (SSSR count). The highest BCUT2D eigenvalue weighted by Crippen LogP contribution is 2.23. The molecule has 16 heavy (non-hydrogen) atoms. The lowest BCUT2D eigenvalue weighted by molar-refractivity contribution is 0.579. The van der Waals surface area contributed by atoms with Crippen molar-refractivity contribution in [3.63, 3.8) is 0 Å². The largest absolute Gasteiger partial charge is 0.284 e. The number of halogens is 2. The van der Waals surface area contributed by atoms with E-state index in [4.69, 9.17) is 0 Å². The van der Waals surface area contributed by atoms with Gasteiger partial charge < -0.3 is 0 Å². The van der Waals surface area contributed by atoms with Crippen molar-refractivity contribution in [2.45, 2.75) is 4.90 Å². The molecule has 0 unspecified atom stereocenters. The number of aromatic nitrogens is 2. The molecule has 0 bridgehead atoms. The van der Waals surface area contributed by atoms with Gasteiger partial charge >= 0.3 is 0 Å². The van der Waals surface area contributed by atoms with Gasteiger partial charge in [-0.15, -0.1) is 0 Å². The van der Waals surface area contributed by atoms with Crippen molar-refractivity contribution in [3.05, 3.63) is 45.6 Å². The van der Waals surface area contributed by atoms with Gasteiger partial charge in [-0.3, -0.25) is 0 Å². The summed E-state index contributed by atoms with van der Waals surface area (Å²) in [5.41, 5.74) is 0. The van der Waals surface area contributed by atoms with Crippen LogP contribution in [0.1, 0.15) is 0 Å². The molecule has 0 amide bonds. The van der Waals surface area contributed by atoms with Crippen LogP contribution in [0.5, 0.6) is 0 Å². The summed E-state index contributed by atoms with van der Waals surface area (Å²) in [5, 5.41) is 3.77. The summed E-state index contributed by atoms with van der Waals surface area (Å²) < 4.78 is 26.3. The Labute approximate surface area is 110 Å². The molecule has 0 fully saturated rings. The molecule has 0 radical (unpaired) electrons. The van der Waals surface area contributed by atoms with Crippen molar-refractivity contribution < 1.29 is 8.42 Å². The first-order valence-corrected chi connectivity index (χ1v) is 7.25. The monoisotopic (exact) mass is 364 g/mol. The lowest BCUT2D eigenvalue weighted by Gasteiger charge is -2.05. The highest BCUT2D eigenvalue weighted by molar-refractivity contribution is 9.10. The molecular weight excluding hydrogens is 360 g/mol. The van der Waals surface area contributed by atoms with Gasteiger partial charge in [0.25, 0.3) is 10.0 Å². The summed E-state index contributed by atoms with van der Waals surface area (Å²) >= 11 is 6.36. The van der Waals surface area contributed by atoms with E-state index in [2.05, 4.69) is 37.0 Å². The van der Waals surface area contributed by atoms with Crippen LogP contribution in [0.3, 0.4) is 0 Å². The fourth-order valence-corrected chi connectivity index (χ4v) is 3.68. The number of benzene rings is 1. The minimum absolute atomic E-state index is 0.186. The first-order valence-electron chi connectivity index (χ1n) is 4.22. The molecule has 84 valence electrons. The van der Waals surface area contributed by atoms with Crippen molar-refractivity contribution in [2.75, 3.05) is 0 Å². The van der Waals surface area contributed by atoms with Crippen LogP contribution in [-0.2, 0) is 10.0 Å². The van der Waals surface area contributed by atoms with Crippen molar-refractivity contribution >= 4 is 41.9 Å². The zero-order valence-electron chi connectivity index (χ0n) is 7.84. The molecule has 0 N–H and O–H groups in total. The maximum absolute atomic E-state index is 12.1. The molecule has 0 aliphatic carbocycles. The molecule has 4 nitrogen and oxygen atoms in total. The summed E-state index contributed by atoms with van der Waals surface area (Å²) in [6, 6.07) is 6.61. The molecule has 0 saturated carbocycles. The van der Waals surface area contributed by atoms with Gasteiger partial charge in [0, 0.05) is 4.47 Å². The van der Waals surface area contributed by atoms with Gasteiger partial charge in [-0.1, -0.05) is 12.1 Å². The van der Waals surface area contributed by atoms with Gasteiger partial charge in [0.1, 0.15) is 4.90 Å². The smallest absolute Gasteiger partial charge is 0.199 e. The maximum Gasteiger partial charge on any atom is 0.284 e. The number of hydrogen-bond acceptors (Lipinski definition) is 3. The maximum atomic E-state index is 12.1. The van der Waals surface area contributed by atoms with E-state index in [0.29, 0.717) is 8.95 Å². The summed E-state index contributed by atoms with van der Waals surface area (Å²) in [4.78, 5) is 0.186. The Bertz CT molecular complexity index is 622. The number of nitrogens with zero attached hydrogens (tertiary/aromatic N) is 2. The van der Waals surface area contributed by atoms with E-state index in [0.717, 1.165) is 4.09 Å². The van der Waals surface area contributed by atoms with E-state index in [9.17, 15) is 8.42 Å². The predicted molar refractivity (Wildman–Crippen MR) is 66.7 cm³/mol. The van der Waals surface area contributed by atoms with E-state index in [1.165, 1.54) is 18.5 Å². The van der Waals surface area contributed by atoms with Crippen molar-refractivity contribution in [1.82, 2.24) is 9.19 Å². The fourth-order valence-electron chi connectivity index (χ4n) is 1.17. The first-order chi connectivity index (χ1) is 7.51. The Kier molecular flexibility index (Phi) is 3.18. The van der Waals surface area contributed by atoms with Crippen LogP contribution < -0.4 is 0 Å². The highest BCUT2D eigenvalue weighted by atomic mass is 79.9. The third kappa shape index (κ3) is 2.07. The van der Waals surface area contributed by atoms with Gasteiger partial charge in [-0.2, -0.15) is 17.6 Å². The second-order valence-electron chi connectivity index (χ2n) is 2.97. The normalized spacial score (nSPS) is 11.6. The molecule has 1 heterocycles. The van der Waals surface area contributed by atoms with Crippen LogP contribution in [0.15, 0.2) is 50.5 Å². The lowest BCUT2D eigenvalue weighted by atomic mass is 10.4. The average molecular weight is 366 g/mol. The average Bonchev–Trinajstić information content (AvgIpc) is 2.66. The van der Waals surface area contributed by atoms with Crippen LogP contribution in [0, 0.1) is 0 Å². The molecule has 7 heteroatoms. The van der Waals surface area contributed by atoms with Crippen LogP contribution >= 0.6 is 31.9 Å². The Hall–Kier alpha value is -0.660. The third-order valence-corrected chi connectivity index (χ3v) is 4.86.